The summed E-state index contributed by atoms with van der Waals surface area (Å²) in [4.78, 5) is 0. The Morgan fingerprint density at radius 3 is 1.00 bits per heavy atom. The molecule has 98 valence electrons. The van der Waals surface area contributed by atoms with Crippen LogP contribution in [0.5, 0.6) is 0 Å². The highest BCUT2D eigenvalue weighted by Crippen LogP contribution is 2.10. The van der Waals surface area contributed by atoms with E-state index >= 15 is 0 Å². The van der Waals surface area contributed by atoms with Crippen LogP contribution >= 0.6 is 0 Å². The Morgan fingerprint density at radius 1 is 0.688 bits per heavy atom. The zero-order chi connectivity index (χ0) is 12.3. The number of rotatable bonds is 6. The second kappa shape index (κ2) is 16.0. The van der Waals surface area contributed by atoms with Crippen LogP contribution in [0.25, 0.3) is 0 Å². The number of nitrogens with zero attached hydrogens (tertiary/aromatic N) is 1. The number of hydrogen-bond donors (Lipinski definition) is 0. The Bertz CT molecular complexity index is 101. The van der Waals surface area contributed by atoms with Gasteiger partial charge in [-0.05, 0) is 0 Å². The van der Waals surface area contributed by atoms with Crippen molar-refractivity contribution in [3.05, 3.63) is 0 Å². The monoisotopic (exact) mass is 259 g/mol. The minimum absolute atomic E-state index is 0. The smallest absolute Gasteiger partial charge is 0.349 e. The zero-order valence-corrected chi connectivity index (χ0v) is 14.4. The molecule has 0 bridgehead atoms. The average molecular weight is 259 g/mol. The Morgan fingerprint density at radius 2 is 0.875 bits per heavy atom. The SMILES string of the molecule is C.CCC.C[CH2][Al]([CH2]C)[N](C)[Al]([CH2]C)[CH2]C. The molecule has 0 unspecified atom stereocenters. The van der Waals surface area contributed by atoms with E-state index in [0.717, 1.165) is 0 Å². The second-order valence-corrected chi connectivity index (χ2v) is 12.4. The van der Waals surface area contributed by atoms with Crippen molar-refractivity contribution in [2.75, 3.05) is 7.05 Å². The maximum absolute atomic E-state index is 2.83. The van der Waals surface area contributed by atoms with Crippen LogP contribution in [0.15, 0.2) is 0 Å². The molecule has 0 aromatic carbocycles. The lowest BCUT2D eigenvalue weighted by Crippen LogP contribution is -2.45. The van der Waals surface area contributed by atoms with E-state index in [-0.39, 0.29) is 7.43 Å². The molecule has 0 fully saturated rings. The number of hydrogen-bond acceptors (Lipinski definition) is 1. The first kappa shape index (κ1) is 22.2. The molecule has 0 N–H and O–H groups in total. The predicted octanol–water partition coefficient (Wildman–Crippen LogP) is 5.03. The van der Waals surface area contributed by atoms with Gasteiger partial charge in [0.25, 0.3) is 0 Å². The largest absolute Gasteiger partial charge is 0.473 e. The van der Waals surface area contributed by atoms with Crippen molar-refractivity contribution in [2.45, 2.75) is 76.5 Å². The van der Waals surface area contributed by atoms with Crippen molar-refractivity contribution in [3.63, 3.8) is 0 Å². The van der Waals surface area contributed by atoms with Gasteiger partial charge >= 0.3 is 28.7 Å². The summed E-state index contributed by atoms with van der Waals surface area (Å²) in [5, 5.41) is 5.82. The van der Waals surface area contributed by atoms with Gasteiger partial charge in [-0.3, -0.25) is 0 Å². The van der Waals surface area contributed by atoms with Crippen LogP contribution in [-0.2, 0) is 0 Å². The second-order valence-electron chi connectivity index (χ2n) is 4.31. The minimum Gasteiger partial charge on any atom is -0.473 e. The van der Waals surface area contributed by atoms with E-state index in [4.69, 9.17) is 0 Å². The Labute approximate surface area is 115 Å². The molecule has 0 saturated heterocycles. The fourth-order valence-corrected chi connectivity index (χ4v) is 10.4. The van der Waals surface area contributed by atoms with Crippen LogP contribution in [-0.4, -0.2) is 38.7 Å². The summed E-state index contributed by atoms with van der Waals surface area (Å²) in [6.45, 7) is 13.7. The molecule has 0 saturated carbocycles. The summed E-state index contributed by atoms with van der Waals surface area (Å²) in [7, 11) is 2.40. The zero-order valence-electron chi connectivity index (χ0n) is 12.1. The van der Waals surface area contributed by atoms with Gasteiger partial charge in [-0.2, -0.15) is 0 Å². The van der Waals surface area contributed by atoms with Gasteiger partial charge in [0, 0.05) is 0 Å². The predicted molar refractivity (Wildman–Crippen MR) is 83.9 cm³/mol. The molecule has 0 spiro atoms. The fourth-order valence-electron chi connectivity index (χ4n) is 2.03. The summed E-state index contributed by atoms with van der Waals surface area (Å²) < 4.78 is 2.83. The maximum Gasteiger partial charge on any atom is 0.349 e. The molecule has 0 aromatic rings. The summed E-state index contributed by atoms with van der Waals surface area (Å²) >= 11 is -0.969. The maximum atomic E-state index is 2.83. The molecule has 0 aliphatic heterocycles. The van der Waals surface area contributed by atoms with Crippen LogP contribution in [0.2, 0.25) is 21.1 Å². The van der Waals surface area contributed by atoms with E-state index in [9.17, 15) is 0 Å². The van der Waals surface area contributed by atoms with Gasteiger partial charge in [-0.1, -0.05) is 83.6 Å². The van der Waals surface area contributed by atoms with E-state index in [1.165, 1.54) is 27.6 Å². The Hall–Kier alpha value is 1.02. The molecule has 0 atom stereocenters. The highest BCUT2D eigenvalue weighted by molar-refractivity contribution is 6.72. The Balaban J connectivity index is -0.000000377. The fraction of sp³-hybridized carbons (Fsp3) is 1.00. The van der Waals surface area contributed by atoms with Crippen molar-refractivity contribution >= 4 is 28.7 Å². The van der Waals surface area contributed by atoms with E-state index < -0.39 is 28.7 Å². The van der Waals surface area contributed by atoms with Gasteiger partial charge in [0.05, 0.1) is 0 Å². The van der Waals surface area contributed by atoms with E-state index in [0.29, 0.717) is 0 Å². The minimum atomic E-state index is -0.484. The van der Waals surface area contributed by atoms with Gasteiger partial charge in [0.2, 0.25) is 0 Å². The Kier molecular flexibility index (Phi) is 22.3. The molecular formula is C13H35Al2N. The molecule has 3 heteroatoms. The third-order valence-corrected chi connectivity index (χ3v) is 11.6. The van der Waals surface area contributed by atoms with Crippen LogP contribution in [0.4, 0.5) is 0 Å². The first-order valence-corrected chi connectivity index (χ1v) is 11.1. The standard InChI is InChI=1S/C3H8.4C2H5.CH3N.CH4.2Al/c1-3-2;5*1-2;;;/h3H2,1-2H3;4*1H2,2H3;1H3;1H4;;. The topological polar surface area (TPSA) is 3.24 Å². The quantitative estimate of drug-likeness (QED) is 0.604. The van der Waals surface area contributed by atoms with Crippen LogP contribution in [0, 0.1) is 0 Å². The van der Waals surface area contributed by atoms with Crippen LogP contribution in [0.1, 0.15) is 55.4 Å². The van der Waals surface area contributed by atoms with Crippen molar-refractivity contribution in [1.29, 1.82) is 0 Å². The van der Waals surface area contributed by atoms with Gasteiger partial charge < -0.3 is 2.87 Å². The molecule has 16 heavy (non-hydrogen) atoms. The van der Waals surface area contributed by atoms with Crippen molar-refractivity contribution in [2.24, 2.45) is 0 Å². The van der Waals surface area contributed by atoms with E-state index in [2.05, 4.69) is 51.5 Å². The summed E-state index contributed by atoms with van der Waals surface area (Å²) in [5.41, 5.74) is 0. The molecule has 0 radical (unpaired) electrons. The summed E-state index contributed by atoms with van der Waals surface area (Å²) in [6.07, 6.45) is 1.25. The van der Waals surface area contributed by atoms with Gasteiger partial charge in [0.1, 0.15) is 0 Å². The highest BCUT2D eigenvalue weighted by Gasteiger charge is 2.27. The lowest BCUT2D eigenvalue weighted by molar-refractivity contribution is 0.767. The van der Waals surface area contributed by atoms with E-state index in [1.807, 2.05) is 0 Å². The van der Waals surface area contributed by atoms with Crippen molar-refractivity contribution < 1.29 is 0 Å². The summed E-state index contributed by atoms with van der Waals surface area (Å²) in [6, 6.07) is 0. The lowest BCUT2D eigenvalue weighted by atomic mass is 10.6. The normalized spacial score (nSPS) is 9.00. The molecule has 0 aliphatic rings. The third-order valence-electron chi connectivity index (χ3n) is 3.04. The molecular weight excluding hydrogens is 224 g/mol. The van der Waals surface area contributed by atoms with Gasteiger partial charge in [0.15, 0.2) is 0 Å². The highest BCUT2D eigenvalue weighted by atomic mass is 27.3. The third kappa shape index (κ3) is 10.2. The van der Waals surface area contributed by atoms with Crippen molar-refractivity contribution in [3.8, 4) is 0 Å². The molecule has 0 amide bonds. The van der Waals surface area contributed by atoms with E-state index in [1.54, 1.807) is 0 Å². The van der Waals surface area contributed by atoms with Crippen LogP contribution < -0.4 is 0 Å². The van der Waals surface area contributed by atoms with Crippen molar-refractivity contribution in [1.82, 2.24) is 2.87 Å². The van der Waals surface area contributed by atoms with Gasteiger partial charge in [-0.25, -0.2) is 0 Å². The summed E-state index contributed by atoms with van der Waals surface area (Å²) in [5.74, 6) is 0. The first-order valence-electron chi connectivity index (χ1n) is 6.84. The average Bonchev–Trinajstić information content (AvgIpc) is 2.22. The molecule has 0 heterocycles. The lowest BCUT2D eigenvalue weighted by Gasteiger charge is -2.28. The van der Waals surface area contributed by atoms with Gasteiger partial charge in [-0.15, -0.1) is 0 Å². The molecule has 0 rings (SSSR count). The first-order chi connectivity index (χ1) is 7.12. The molecule has 0 aliphatic carbocycles. The molecule has 1 nitrogen and oxygen atoms in total. The molecule has 0 aromatic heterocycles. The van der Waals surface area contributed by atoms with Crippen LogP contribution in [0.3, 0.4) is 0 Å².